The molecule has 3 nitrogen and oxygen atoms in total. The Hall–Kier alpha value is -0.0557. The van der Waals surface area contributed by atoms with Gasteiger partial charge in [0, 0.05) is 43.0 Å². The van der Waals surface area contributed by atoms with E-state index in [1.807, 2.05) is 0 Å². The first-order valence-electron chi connectivity index (χ1n) is 5.83. The van der Waals surface area contributed by atoms with Gasteiger partial charge in [0.05, 0.1) is 0 Å². The van der Waals surface area contributed by atoms with Crippen LogP contribution in [0.15, 0.2) is 23.8 Å². The second kappa shape index (κ2) is 15.0. The van der Waals surface area contributed by atoms with Gasteiger partial charge in [-0.15, -0.1) is 19.1 Å². The van der Waals surface area contributed by atoms with Crippen LogP contribution in [0.25, 0.3) is 0 Å². The molecule has 2 aliphatic carbocycles. The van der Waals surface area contributed by atoms with Crippen LogP contribution in [-0.2, 0) is 21.7 Å². The molecule has 0 amide bonds. The molecule has 18 heavy (non-hydrogen) atoms. The molecule has 0 aromatic carbocycles. The molecule has 2 unspecified atom stereocenters. The van der Waals surface area contributed by atoms with Crippen LogP contribution in [0.5, 0.6) is 0 Å². The van der Waals surface area contributed by atoms with E-state index in [-0.39, 0.29) is 21.7 Å². The van der Waals surface area contributed by atoms with Gasteiger partial charge in [-0.3, -0.25) is 0 Å². The van der Waals surface area contributed by atoms with Gasteiger partial charge in [0.2, 0.25) is 0 Å². The van der Waals surface area contributed by atoms with Crippen LogP contribution in [0.3, 0.4) is 0 Å². The molecule has 0 aromatic rings. The van der Waals surface area contributed by atoms with Crippen molar-refractivity contribution >= 4 is 0 Å². The molecule has 2 rings (SSSR count). The van der Waals surface area contributed by atoms with Gasteiger partial charge in [-0.25, -0.2) is 17.6 Å². The predicted octanol–water partition coefficient (Wildman–Crippen LogP) is 1.95. The van der Waals surface area contributed by atoms with Gasteiger partial charge in [0.15, 0.2) is 0 Å². The van der Waals surface area contributed by atoms with Crippen LogP contribution in [0.1, 0.15) is 26.7 Å². The maximum Gasteiger partial charge on any atom is 0.0319 e. The van der Waals surface area contributed by atoms with Crippen LogP contribution in [0.4, 0.5) is 0 Å². The van der Waals surface area contributed by atoms with Crippen molar-refractivity contribution in [2.75, 3.05) is 21.3 Å². The summed E-state index contributed by atoms with van der Waals surface area (Å²) in [5, 5.41) is 21.0. The van der Waals surface area contributed by atoms with Crippen molar-refractivity contribution in [1.29, 1.82) is 0 Å². The summed E-state index contributed by atoms with van der Waals surface area (Å²) in [6.45, 7) is 4.63. The topological polar surface area (TPSA) is 60.7 Å². The maximum absolute atomic E-state index is 7.00. The molecule has 0 aliphatic heterocycles. The van der Waals surface area contributed by atoms with Crippen molar-refractivity contribution in [3.63, 3.8) is 0 Å². The molecular weight excluding hydrogens is 264 g/mol. The first-order chi connectivity index (χ1) is 8.29. The fourth-order valence-corrected chi connectivity index (χ4v) is 2.24. The molecule has 0 heterocycles. The molecule has 4 heteroatoms. The normalized spacial score (nSPS) is 22.7. The monoisotopic (exact) mass is 291 g/mol. The van der Waals surface area contributed by atoms with E-state index in [1.165, 1.54) is 12.8 Å². The number of aliphatic hydroxyl groups excluding tert-OH is 3. The summed E-state index contributed by atoms with van der Waals surface area (Å²) >= 11 is 0. The van der Waals surface area contributed by atoms with E-state index in [0.29, 0.717) is 0 Å². The predicted molar refractivity (Wildman–Crippen MR) is 72.5 cm³/mol. The number of allylic oxidation sites excluding steroid dienone is 4. The molecule has 0 spiro atoms. The summed E-state index contributed by atoms with van der Waals surface area (Å²) in [4.78, 5) is 0. The first-order valence-corrected chi connectivity index (χ1v) is 5.83. The summed E-state index contributed by atoms with van der Waals surface area (Å²) in [5.74, 6) is 3.31. The van der Waals surface area contributed by atoms with E-state index in [0.717, 1.165) is 33.2 Å². The molecule has 0 bridgehead atoms. The maximum atomic E-state index is 7.00. The van der Waals surface area contributed by atoms with E-state index in [2.05, 4.69) is 32.1 Å². The molecule has 2 aliphatic rings. The van der Waals surface area contributed by atoms with Gasteiger partial charge < -0.3 is 15.3 Å². The number of hydrogen-bond acceptors (Lipinski definition) is 3. The van der Waals surface area contributed by atoms with Gasteiger partial charge in [-0.2, -0.15) is 0 Å². The van der Waals surface area contributed by atoms with E-state index in [4.69, 9.17) is 15.3 Å². The van der Waals surface area contributed by atoms with Gasteiger partial charge in [-0.1, -0.05) is 19.3 Å². The molecule has 3 N–H and O–H groups in total. The van der Waals surface area contributed by atoms with Crippen molar-refractivity contribution in [2.45, 2.75) is 26.7 Å². The SMILES string of the molecule is CO.CO.CO.C[C-]1C2=CC=CCC2CC1C.[Ti]. The minimum Gasteiger partial charge on any atom is -0.400 e. The minimum absolute atomic E-state index is 0. The fourth-order valence-electron chi connectivity index (χ4n) is 2.24. The molecule has 1 fully saturated rings. The fraction of sp³-hybridized carbons (Fsp3) is 0.643. The minimum atomic E-state index is 0. The molecular formula is C14H27O3Ti-. The van der Waals surface area contributed by atoms with Gasteiger partial charge >= 0.3 is 0 Å². The Kier molecular flexibility index (Phi) is 19.2. The molecule has 106 valence electrons. The van der Waals surface area contributed by atoms with Crippen molar-refractivity contribution in [1.82, 2.24) is 0 Å². The Labute approximate surface area is 126 Å². The molecule has 0 aromatic heterocycles. The summed E-state index contributed by atoms with van der Waals surface area (Å²) in [6.07, 6.45) is 9.44. The standard InChI is InChI=1S/C11H15.3CH4O.Ti/c1-8-7-10-5-3-4-6-11(10)9(8)2;3*1-2;/h3-4,6,8,10H,5,7H2,1-2H3;3*2H,1H3;/q-1;;;;. The zero-order valence-electron chi connectivity index (χ0n) is 12.1. The van der Waals surface area contributed by atoms with Crippen LogP contribution in [0.2, 0.25) is 0 Å². The van der Waals surface area contributed by atoms with Gasteiger partial charge in [-0.05, 0) is 12.3 Å². The van der Waals surface area contributed by atoms with Crippen molar-refractivity contribution in [3.05, 3.63) is 29.7 Å². The number of hydrogen-bond donors (Lipinski definition) is 3. The van der Waals surface area contributed by atoms with Crippen LogP contribution >= 0.6 is 0 Å². The number of aliphatic hydroxyl groups is 3. The smallest absolute Gasteiger partial charge is 0.0319 e. The summed E-state index contributed by atoms with van der Waals surface area (Å²) in [5.41, 5.74) is 1.63. The van der Waals surface area contributed by atoms with E-state index in [1.54, 1.807) is 11.5 Å². The van der Waals surface area contributed by atoms with Gasteiger partial charge in [0.1, 0.15) is 0 Å². The second-order valence-electron chi connectivity index (χ2n) is 3.80. The zero-order chi connectivity index (χ0) is 13.8. The van der Waals surface area contributed by atoms with Crippen LogP contribution in [-0.4, -0.2) is 36.6 Å². The molecule has 0 saturated heterocycles. The summed E-state index contributed by atoms with van der Waals surface area (Å²) < 4.78 is 0. The Morgan fingerprint density at radius 3 is 2.06 bits per heavy atom. The van der Waals surface area contributed by atoms with Gasteiger partial charge in [0.25, 0.3) is 0 Å². The van der Waals surface area contributed by atoms with Crippen molar-refractivity contribution in [2.24, 2.45) is 11.8 Å². The Balaban J connectivity index is -0.000000285. The van der Waals surface area contributed by atoms with Crippen molar-refractivity contribution < 1.29 is 37.0 Å². The number of rotatable bonds is 0. The molecule has 0 radical (unpaired) electrons. The Morgan fingerprint density at radius 2 is 1.61 bits per heavy atom. The summed E-state index contributed by atoms with van der Waals surface area (Å²) in [6, 6.07) is 0. The molecule has 1 saturated carbocycles. The van der Waals surface area contributed by atoms with Crippen molar-refractivity contribution in [3.8, 4) is 0 Å². The quantitative estimate of drug-likeness (QED) is 0.472. The third-order valence-electron chi connectivity index (χ3n) is 3.10. The van der Waals surface area contributed by atoms with E-state index < -0.39 is 0 Å². The Bertz CT molecular complexity index is 223. The van der Waals surface area contributed by atoms with Crippen LogP contribution < -0.4 is 0 Å². The average Bonchev–Trinajstić information content (AvgIpc) is 2.73. The van der Waals surface area contributed by atoms with E-state index >= 15 is 0 Å². The first kappa shape index (κ1) is 23.1. The van der Waals surface area contributed by atoms with E-state index in [9.17, 15) is 0 Å². The Morgan fingerprint density at radius 1 is 1.11 bits per heavy atom. The molecule has 2 atom stereocenters. The number of fused-ring (bicyclic) bond motifs is 1. The average molecular weight is 291 g/mol. The second-order valence-corrected chi connectivity index (χ2v) is 3.80. The third kappa shape index (κ3) is 6.76. The third-order valence-corrected chi connectivity index (χ3v) is 3.10. The van der Waals surface area contributed by atoms with Crippen LogP contribution in [0, 0.1) is 17.8 Å². The summed E-state index contributed by atoms with van der Waals surface area (Å²) in [7, 11) is 3.00. The largest absolute Gasteiger partial charge is 0.400 e. The zero-order valence-corrected chi connectivity index (χ0v) is 13.7.